The molecule has 0 spiro atoms. The molecule has 0 radical (unpaired) electrons. The molecule has 12 atom stereocenters. The van der Waals surface area contributed by atoms with Crippen LogP contribution in [0.25, 0.3) is 0 Å². The molecule has 4 aromatic carbocycles. The quantitative estimate of drug-likeness (QED) is 0.0208. The van der Waals surface area contributed by atoms with Crippen LogP contribution in [0.2, 0.25) is 0 Å². The Kier molecular flexibility index (Phi) is 27.0. The molecule has 4 aliphatic heterocycles. The molecule has 486 valence electrons. The van der Waals surface area contributed by atoms with Crippen LogP contribution in [0.1, 0.15) is 177 Å². The molecule has 0 aromatic heterocycles. The van der Waals surface area contributed by atoms with E-state index in [4.69, 9.17) is 0 Å². The molecule has 4 aromatic rings. The van der Waals surface area contributed by atoms with Crippen LogP contribution in [0.15, 0.2) is 121 Å². The first-order chi connectivity index (χ1) is 43.8. The van der Waals surface area contributed by atoms with Gasteiger partial charge in [0.1, 0.15) is 36.3 Å². The van der Waals surface area contributed by atoms with Gasteiger partial charge >= 0.3 is 0 Å². The molecule has 4 saturated heterocycles. The lowest BCUT2D eigenvalue weighted by atomic mass is 9.89. The van der Waals surface area contributed by atoms with Gasteiger partial charge in [-0.05, 0) is 145 Å². The Bertz CT molecular complexity index is 2740. The third kappa shape index (κ3) is 19.1. The number of amides is 7. The zero-order chi connectivity index (χ0) is 63.8. The summed E-state index contributed by atoms with van der Waals surface area (Å²) in [5, 5.41) is 25.4. The minimum absolute atomic E-state index is 0.0902. The van der Waals surface area contributed by atoms with Crippen molar-refractivity contribution < 1.29 is 38.4 Å². The lowest BCUT2D eigenvalue weighted by Crippen LogP contribution is -2.58. The summed E-state index contributed by atoms with van der Waals surface area (Å²) in [5.74, 6) is -2.59. The van der Waals surface area contributed by atoms with Crippen molar-refractivity contribution in [2.45, 2.75) is 210 Å². The minimum Gasteiger partial charge on any atom is -0.354 e. The summed E-state index contributed by atoms with van der Waals surface area (Å²) in [6, 6.07) is 32.9. The van der Waals surface area contributed by atoms with Gasteiger partial charge < -0.3 is 52.3 Å². The molecule has 7 amide bonds. The topological polar surface area (TPSA) is 239 Å². The number of likely N-dealkylation sites (N-methyl/N-ethyl adjacent to an activating group) is 1. The number of carbonyl (C=O) groups excluding carboxylic acids is 8. The lowest BCUT2D eigenvalue weighted by molar-refractivity contribution is -0.144. The van der Waals surface area contributed by atoms with Crippen molar-refractivity contribution in [3.8, 4) is 0 Å². The largest absolute Gasteiger partial charge is 0.354 e. The number of Topliss-reactive ketones (excluding diaryl/α,β-unsaturated/α-hetero) is 1. The summed E-state index contributed by atoms with van der Waals surface area (Å²) in [7, 11) is 1.71. The lowest BCUT2D eigenvalue weighted by Gasteiger charge is -2.33. The Morgan fingerprint density at radius 2 is 0.911 bits per heavy atom. The molecule has 0 bridgehead atoms. The highest BCUT2D eigenvalue weighted by molar-refractivity contribution is 5.97. The molecule has 0 saturated carbocycles. The number of fused-ring (bicyclic) bond motifs is 2. The van der Waals surface area contributed by atoms with Crippen molar-refractivity contribution in [1.29, 1.82) is 0 Å². The van der Waals surface area contributed by atoms with E-state index in [1.807, 2.05) is 111 Å². The molecule has 90 heavy (non-hydrogen) atoms. The molecule has 4 heterocycles. The highest BCUT2D eigenvalue weighted by Gasteiger charge is 2.50. The molecular formula is C72H100N10O8. The predicted octanol–water partition coefficient (Wildman–Crippen LogP) is 8.03. The third-order valence-corrected chi connectivity index (χ3v) is 19.4. The molecule has 0 unspecified atom stereocenters. The Balaban J connectivity index is 0.787. The van der Waals surface area contributed by atoms with Crippen LogP contribution in [0.3, 0.4) is 0 Å². The number of ketones is 1. The van der Waals surface area contributed by atoms with E-state index in [1.165, 1.54) is 5.56 Å². The second kappa shape index (κ2) is 35.4. The Hall–Kier alpha value is -7.28. The summed E-state index contributed by atoms with van der Waals surface area (Å²) in [4.78, 5) is 117. The van der Waals surface area contributed by atoms with Crippen molar-refractivity contribution in [2.24, 2.45) is 17.8 Å². The molecule has 0 aliphatic carbocycles. The van der Waals surface area contributed by atoms with E-state index in [9.17, 15) is 38.4 Å². The van der Waals surface area contributed by atoms with Crippen LogP contribution in [0.5, 0.6) is 0 Å². The minimum atomic E-state index is -0.974. The Labute approximate surface area is 533 Å². The summed E-state index contributed by atoms with van der Waals surface area (Å²) in [6.07, 6.45) is 13.3. The van der Waals surface area contributed by atoms with Gasteiger partial charge in [0, 0.05) is 44.1 Å². The average molecular weight is 1230 g/mol. The molecule has 18 heteroatoms. The molecular weight excluding hydrogens is 1130 g/mol. The van der Waals surface area contributed by atoms with Crippen LogP contribution >= 0.6 is 0 Å². The van der Waals surface area contributed by atoms with Crippen LogP contribution in [0, 0.1) is 17.8 Å². The average Bonchev–Trinajstić information content (AvgIpc) is 1.69. The second-order valence-electron chi connectivity index (χ2n) is 25.5. The van der Waals surface area contributed by atoms with Gasteiger partial charge in [0.2, 0.25) is 41.4 Å². The van der Waals surface area contributed by atoms with E-state index in [0.717, 1.165) is 63.4 Å². The normalized spacial score (nSPS) is 22.8. The van der Waals surface area contributed by atoms with Gasteiger partial charge in [-0.15, -0.1) is 0 Å². The summed E-state index contributed by atoms with van der Waals surface area (Å²) in [5.41, 5.74) is 3.66. The van der Waals surface area contributed by atoms with Gasteiger partial charge in [0.25, 0.3) is 0 Å². The fourth-order valence-electron chi connectivity index (χ4n) is 13.7. The van der Waals surface area contributed by atoms with Gasteiger partial charge in [-0.25, -0.2) is 0 Å². The van der Waals surface area contributed by atoms with Crippen LogP contribution in [-0.2, 0) is 51.4 Å². The third-order valence-electron chi connectivity index (χ3n) is 19.4. The van der Waals surface area contributed by atoms with Crippen LogP contribution in [-0.4, -0.2) is 126 Å². The standard InChI is InChI=1S/C72H100N10O8/c1-5-49(2)66(84)79-64-55(42-45-74-47-51-25-15-11-16-26-51)34-36-58-39-41-60(82(58)71(64)89)69(87)78-63(54-31-21-14-22-32-54)70(88)76-44-24-10-8-6-7-9-23-33-61(83)62(53-29-19-13-20-30-53)77-68(86)59-40-38-57-37-35-56(43-46-75-48-52-27-17-12-18-28-52)65(72(90)81(57)59)80-67(85)50(3)73-4/h11-22,25-32,49-50,55-60,62-65,73-75H,5-10,23-24,33-48H2,1-4H3,(H,76,88)(H,77,86)(H,78,87)(H,79,84)(H,80,85)/t49-,50+,55-,56-,57+,58+,59+,60+,62+,63+,64+,65+/m1/s1. The smallest absolute Gasteiger partial charge is 0.247 e. The summed E-state index contributed by atoms with van der Waals surface area (Å²) < 4.78 is 0. The maximum atomic E-state index is 14.7. The first-order valence-electron chi connectivity index (χ1n) is 33.7. The highest BCUT2D eigenvalue weighted by Crippen LogP contribution is 2.38. The molecule has 4 aliphatic rings. The summed E-state index contributed by atoms with van der Waals surface area (Å²) >= 11 is 0. The first kappa shape index (κ1) is 68.6. The van der Waals surface area contributed by atoms with Crippen LogP contribution in [0.4, 0.5) is 0 Å². The fourth-order valence-corrected chi connectivity index (χ4v) is 13.7. The van der Waals surface area contributed by atoms with Crippen molar-refractivity contribution in [2.75, 3.05) is 26.7 Å². The monoisotopic (exact) mass is 1230 g/mol. The Morgan fingerprint density at radius 1 is 0.489 bits per heavy atom. The van der Waals surface area contributed by atoms with Crippen molar-refractivity contribution in [3.05, 3.63) is 144 Å². The predicted molar refractivity (Wildman–Crippen MR) is 350 cm³/mol. The van der Waals surface area contributed by atoms with Crippen molar-refractivity contribution in [1.82, 2.24) is 52.3 Å². The molecule has 18 nitrogen and oxygen atoms in total. The maximum Gasteiger partial charge on any atom is 0.247 e. The molecule has 4 fully saturated rings. The van der Waals surface area contributed by atoms with Crippen LogP contribution < -0.4 is 42.5 Å². The number of nitrogens with zero attached hydrogens (tertiary/aromatic N) is 2. The van der Waals surface area contributed by atoms with E-state index in [2.05, 4.69) is 66.8 Å². The first-order valence-corrected chi connectivity index (χ1v) is 33.7. The number of benzene rings is 4. The zero-order valence-corrected chi connectivity index (χ0v) is 53.6. The van der Waals surface area contributed by atoms with Gasteiger partial charge in [0.15, 0.2) is 5.78 Å². The molecule has 8 N–H and O–H groups in total. The second-order valence-corrected chi connectivity index (χ2v) is 25.5. The maximum absolute atomic E-state index is 14.7. The van der Waals surface area contributed by atoms with Gasteiger partial charge in [-0.3, -0.25) is 38.4 Å². The molecule has 8 rings (SSSR count). The highest BCUT2D eigenvalue weighted by atomic mass is 16.2. The fraction of sp³-hybridized carbons (Fsp3) is 0.556. The van der Waals surface area contributed by atoms with Gasteiger partial charge in [-0.1, -0.05) is 167 Å². The van der Waals surface area contributed by atoms with Crippen molar-refractivity contribution in [3.63, 3.8) is 0 Å². The number of carbonyl (C=O) groups is 8. The van der Waals surface area contributed by atoms with E-state index in [-0.39, 0.29) is 83.4 Å². The Morgan fingerprint density at radius 3 is 1.39 bits per heavy atom. The van der Waals surface area contributed by atoms with Crippen molar-refractivity contribution >= 4 is 47.1 Å². The SMILES string of the molecule is CC[C@@H](C)C(=O)N[C@@H]1C(=O)N2[C@@H](CC[C@@H]1CCNCc1ccccc1)CC[C@H]2C(=O)N[C@H](C(=O)NCCCCCCCCCC(=O)[C@@H](NC(=O)[C@@H]1CC[C@@H]2CC[C@H](CCNCc3ccccc3)[C@H](NC(=O)[C@H](C)NC)C(=O)N21)c1ccccc1)c1ccccc1. The van der Waals surface area contributed by atoms with E-state index in [0.29, 0.717) is 102 Å². The van der Waals surface area contributed by atoms with Gasteiger partial charge in [0.05, 0.1) is 6.04 Å². The summed E-state index contributed by atoms with van der Waals surface area (Å²) in [6.45, 7) is 8.71. The van der Waals surface area contributed by atoms with E-state index >= 15 is 0 Å². The van der Waals surface area contributed by atoms with Gasteiger partial charge in [-0.2, -0.15) is 0 Å². The van der Waals surface area contributed by atoms with E-state index < -0.39 is 42.3 Å². The van der Waals surface area contributed by atoms with E-state index in [1.54, 1.807) is 23.8 Å². The number of hydrogen-bond donors (Lipinski definition) is 8. The number of hydrogen-bond acceptors (Lipinski definition) is 11. The zero-order valence-electron chi connectivity index (χ0n) is 53.6. The number of rotatable bonds is 34. The number of nitrogens with one attached hydrogen (secondary N) is 8. The number of unbranched alkanes of at least 4 members (excludes halogenated alkanes) is 6.